The Morgan fingerprint density at radius 2 is 0.770 bits per heavy atom. The third-order valence-electron chi connectivity index (χ3n) is 17.3. The highest BCUT2D eigenvalue weighted by molar-refractivity contribution is 5.76. The average Bonchev–Trinajstić information content (AvgIpc) is 3.02. The van der Waals surface area contributed by atoms with E-state index in [9.17, 15) is 35.1 Å². The predicted molar refractivity (Wildman–Crippen MR) is 366 cm³/mol. The predicted octanol–water partition coefficient (Wildman–Crippen LogP) is 19.3. The Hall–Kier alpha value is -2.64. The third-order valence-corrected chi connectivity index (χ3v) is 17.3. The number of aliphatic hydroxyl groups excluding tert-OH is 5. The molecule has 0 spiro atoms. The Balaban J connectivity index is 1.90. The van der Waals surface area contributed by atoms with Crippen molar-refractivity contribution < 1.29 is 49.3 Å². The molecule has 1 rings (SSSR count). The van der Waals surface area contributed by atoms with Gasteiger partial charge in [-0.3, -0.25) is 9.59 Å². The maximum absolute atomic E-state index is 13.0. The summed E-state index contributed by atoms with van der Waals surface area (Å²) in [4.78, 5) is 25.1. The summed E-state index contributed by atoms with van der Waals surface area (Å²) in [6, 6.07) is -0.808. The van der Waals surface area contributed by atoms with Crippen LogP contribution in [0.5, 0.6) is 0 Å². The fraction of sp³-hybridized carbons (Fsp3) is 0.842. The highest BCUT2D eigenvalue weighted by Crippen LogP contribution is 2.23. The van der Waals surface area contributed by atoms with Crippen LogP contribution in [0, 0.1) is 0 Å². The molecule has 6 N–H and O–H groups in total. The summed E-state index contributed by atoms with van der Waals surface area (Å²) in [7, 11) is 0. The molecule has 0 radical (unpaired) electrons. The topological polar surface area (TPSA) is 175 Å². The molecule has 1 aliphatic heterocycles. The van der Waals surface area contributed by atoms with Crippen LogP contribution in [0.25, 0.3) is 0 Å². The molecule has 1 heterocycles. The zero-order valence-corrected chi connectivity index (χ0v) is 56.5. The van der Waals surface area contributed by atoms with Gasteiger partial charge in [-0.15, -0.1) is 0 Å². The first-order valence-electron chi connectivity index (χ1n) is 37.1. The van der Waals surface area contributed by atoms with Gasteiger partial charge >= 0.3 is 5.97 Å². The molecule has 1 amide bonds. The summed E-state index contributed by atoms with van der Waals surface area (Å²) in [6.45, 7) is 4.31. The van der Waals surface area contributed by atoms with Crippen molar-refractivity contribution in [1.82, 2.24) is 5.32 Å². The summed E-state index contributed by atoms with van der Waals surface area (Å²) < 4.78 is 16.7. The summed E-state index contributed by atoms with van der Waals surface area (Å²) in [5.74, 6) is -0.182. The van der Waals surface area contributed by atoms with Crippen molar-refractivity contribution in [2.45, 2.75) is 391 Å². The van der Waals surface area contributed by atoms with Crippen molar-refractivity contribution >= 4 is 11.9 Å². The first kappa shape index (κ1) is 82.4. The van der Waals surface area contributed by atoms with E-state index in [2.05, 4.69) is 67.8 Å². The molecule has 0 bridgehead atoms. The van der Waals surface area contributed by atoms with Crippen LogP contribution in [0.3, 0.4) is 0 Å². The quantitative estimate of drug-likeness (QED) is 0.0195. The van der Waals surface area contributed by atoms with E-state index >= 15 is 0 Å². The van der Waals surface area contributed by atoms with Gasteiger partial charge in [0, 0.05) is 12.8 Å². The molecule has 1 fully saturated rings. The van der Waals surface area contributed by atoms with Gasteiger partial charge in [0.2, 0.25) is 5.91 Å². The highest BCUT2D eigenvalue weighted by Gasteiger charge is 2.44. The molecule has 11 nitrogen and oxygen atoms in total. The highest BCUT2D eigenvalue weighted by atomic mass is 16.7. The second-order valence-corrected chi connectivity index (χ2v) is 25.6. The lowest BCUT2D eigenvalue weighted by molar-refractivity contribution is -0.302. The molecule has 7 atom stereocenters. The SMILES string of the molecule is CCCCC/C=C\C/C=C\CCCCCCCCCC(=O)OCCCCCCCCCCC/C=C\C/C=C\CCCCCCCCCCCCCCCCCCCC(=O)NC(COC1OC(CO)C(O)C(O)C1O)C(O)/C=C/CCCCCCCCC. The number of hydrogen-bond donors (Lipinski definition) is 6. The number of nitrogens with one attached hydrogen (secondary N) is 1. The minimum atomic E-state index is -1.57. The molecular formula is C76H139NO10. The van der Waals surface area contributed by atoms with Gasteiger partial charge in [0.15, 0.2) is 6.29 Å². The lowest BCUT2D eigenvalue weighted by Gasteiger charge is -2.40. The van der Waals surface area contributed by atoms with Crippen molar-refractivity contribution in [2.75, 3.05) is 19.8 Å². The van der Waals surface area contributed by atoms with E-state index in [1.165, 1.54) is 250 Å². The van der Waals surface area contributed by atoms with Gasteiger partial charge in [0.05, 0.1) is 32.0 Å². The maximum Gasteiger partial charge on any atom is 0.305 e. The smallest absolute Gasteiger partial charge is 0.305 e. The largest absolute Gasteiger partial charge is 0.466 e. The molecule has 0 aromatic rings. The zero-order chi connectivity index (χ0) is 63.0. The van der Waals surface area contributed by atoms with Crippen molar-refractivity contribution in [3.05, 3.63) is 60.8 Å². The number of ether oxygens (including phenoxy) is 3. The Labute approximate surface area is 535 Å². The van der Waals surface area contributed by atoms with Crippen LogP contribution in [-0.2, 0) is 23.8 Å². The molecule has 7 unspecified atom stereocenters. The van der Waals surface area contributed by atoms with Crippen LogP contribution >= 0.6 is 0 Å². The molecule has 0 aromatic carbocycles. The van der Waals surface area contributed by atoms with Gasteiger partial charge in [0.1, 0.15) is 24.4 Å². The molecule has 87 heavy (non-hydrogen) atoms. The lowest BCUT2D eigenvalue weighted by Crippen LogP contribution is -2.60. The Morgan fingerprint density at radius 3 is 1.18 bits per heavy atom. The number of hydrogen-bond acceptors (Lipinski definition) is 10. The van der Waals surface area contributed by atoms with Crippen molar-refractivity contribution in [3.63, 3.8) is 0 Å². The first-order chi connectivity index (χ1) is 42.7. The summed E-state index contributed by atoms with van der Waals surface area (Å²) in [6.07, 6.45) is 76.7. The van der Waals surface area contributed by atoms with Gasteiger partial charge in [-0.1, -0.05) is 299 Å². The van der Waals surface area contributed by atoms with E-state index < -0.39 is 49.5 Å². The number of unbranched alkanes of at least 4 members (excludes halogenated alkanes) is 43. The summed E-state index contributed by atoms with van der Waals surface area (Å²) in [5.41, 5.74) is 0. The first-order valence-corrected chi connectivity index (χ1v) is 37.1. The Bertz CT molecular complexity index is 1630. The number of carbonyl (C=O) groups excluding carboxylic acids is 2. The number of allylic oxidation sites excluding steroid dienone is 9. The minimum Gasteiger partial charge on any atom is -0.466 e. The van der Waals surface area contributed by atoms with Gasteiger partial charge in [0.25, 0.3) is 0 Å². The van der Waals surface area contributed by atoms with Gasteiger partial charge in [-0.05, 0) is 96.3 Å². The Morgan fingerprint density at radius 1 is 0.425 bits per heavy atom. The van der Waals surface area contributed by atoms with E-state index in [0.717, 1.165) is 70.6 Å². The van der Waals surface area contributed by atoms with E-state index in [0.29, 0.717) is 19.4 Å². The van der Waals surface area contributed by atoms with E-state index in [1.807, 2.05) is 6.08 Å². The van der Waals surface area contributed by atoms with Crippen LogP contribution in [0.2, 0.25) is 0 Å². The number of amides is 1. The number of rotatable bonds is 65. The zero-order valence-electron chi connectivity index (χ0n) is 56.5. The Kier molecular flexibility index (Phi) is 61.4. The van der Waals surface area contributed by atoms with E-state index in [4.69, 9.17) is 14.2 Å². The third kappa shape index (κ3) is 53.7. The number of esters is 1. The number of aliphatic hydroxyl groups is 5. The van der Waals surface area contributed by atoms with Crippen LogP contribution in [0.1, 0.15) is 348 Å². The molecular weight excluding hydrogens is 1090 g/mol. The van der Waals surface area contributed by atoms with Crippen LogP contribution in [0.4, 0.5) is 0 Å². The molecule has 1 saturated heterocycles. The normalized spacial score (nSPS) is 18.2. The fourth-order valence-corrected chi connectivity index (χ4v) is 11.5. The van der Waals surface area contributed by atoms with Crippen molar-refractivity contribution in [3.8, 4) is 0 Å². The van der Waals surface area contributed by atoms with Gasteiger partial charge < -0.3 is 45.1 Å². The van der Waals surface area contributed by atoms with E-state index in [1.54, 1.807) is 6.08 Å². The van der Waals surface area contributed by atoms with Gasteiger partial charge in [-0.2, -0.15) is 0 Å². The molecule has 0 aliphatic carbocycles. The lowest BCUT2D eigenvalue weighted by atomic mass is 9.99. The molecule has 11 heteroatoms. The van der Waals surface area contributed by atoms with E-state index in [-0.39, 0.29) is 18.5 Å². The number of carbonyl (C=O) groups is 2. The molecule has 0 saturated carbocycles. The van der Waals surface area contributed by atoms with Crippen molar-refractivity contribution in [2.24, 2.45) is 0 Å². The van der Waals surface area contributed by atoms with Crippen LogP contribution in [0.15, 0.2) is 60.8 Å². The maximum atomic E-state index is 13.0. The monoisotopic (exact) mass is 1230 g/mol. The van der Waals surface area contributed by atoms with Crippen molar-refractivity contribution in [1.29, 1.82) is 0 Å². The van der Waals surface area contributed by atoms with Crippen LogP contribution in [-0.4, -0.2) is 100 Å². The van der Waals surface area contributed by atoms with Crippen LogP contribution < -0.4 is 5.32 Å². The minimum absolute atomic E-state index is 0.00102. The molecule has 1 aliphatic rings. The average molecular weight is 1230 g/mol. The standard InChI is InChI=1S/C76H139NO10/c1-3-5-7-9-11-13-14-15-16-34-38-41-44-48-52-56-60-64-72(81)85-65-61-57-53-49-45-42-39-36-33-31-29-27-25-23-21-19-17-18-20-22-24-26-28-30-32-35-37-40-43-47-51-55-59-63-71(80)77-68(69(79)62-58-54-50-46-12-10-8-6-4-2)67-86-76-75(84)74(83)73(82)70(66-78)87-76/h11,13,15-16,21,23,27,29,58,62,68-70,73-76,78-79,82-84H,3-10,12,14,17-20,22,24-26,28,30-57,59-61,63-67H2,1-2H3,(H,77,80)/b13-11-,16-15-,23-21-,29-27-,62-58+. The fourth-order valence-electron chi connectivity index (χ4n) is 11.5. The van der Waals surface area contributed by atoms with Gasteiger partial charge in [-0.25, -0.2) is 0 Å². The second kappa shape index (κ2) is 64.9. The molecule has 0 aromatic heterocycles. The summed E-state index contributed by atoms with van der Waals surface area (Å²) in [5, 5.41) is 54.3. The molecule has 508 valence electrons. The summed E-state index contributed by atoms with van der Waals surface area (Å²) >= 11 is 0. The second-order valence-electron chi connectivity index (χ2n) is 25.6.